The summed E-state index contributed by atoms with van der Waals surface area (Å²) in [5.74, 6) is 1.15. The van der Waals surface area contributed by atoms with Crippen LogP contribution in [0, 0.1) is 5.92 Å². The first-order chi connectivity index (χ1) is 13.4. The summed E-state index contributed by atoms with van der Waals surface area (Å²) >= 11 is 0. The summed E-state index contributed by atoms with van der Waals surface area (Å²) in [6.45, 7) is 0.818. The summed E-state index contributed by atoms with van der Waals surface area (Å²) in [4.78, 5) is 29.3. The molecule has 1 saturated carbocycles. The molecule has 0 unspecified atom stereocenters. The Morgan fingerprint density at radius 3 is 2.54 bits per heavy atom. The van der Waals surface area contributed by atoms with Gasteiger partial charge in [0.2, 0.25) is 27.7 Å². The zero-order chi connectivity index (χ0) is 19.7. The van der Waals surface area contributed by atoms with E-state index in [-0.39, 0.29) is 30.0 Å². The van der Waals surface area contributed by atoms with Crippen LogP contribution in [-0.2, 0) is 26.0 Å². The van der Waals surface area contributed by atoms with Gasteiger partial charge in [-0.05, 0) is 38.0 Å². The Hall–Kier alpha value is -1.81. The average molecular weight is 410 g/mol. The fourth-order valence-electron chi connectivity index (χ4n) is 3.94. The lowest BCUT2D eigenvalue weighted by Crippen LogP contribution is -2.46. The van der Waals surface area contributed by atoms with Gasteiger partial charge in [0.15, 0.2) is 5.82 Å². The summed E-state index contributed by atoms with van der Waals surface area (Å²) in [6, 6.07) is 0. The van der Waals surface area contributed by atoms with Gasteiger partial charge in [0.05, 0.1) is 5.75 Å². The van der Waals surface area contributed by atoms with Crippen molar-refractivity contribution in [1.29, 1.82) is 0 Å². The number of imide groups is 1. The van der Waals surface area contributed by atoms with E-state index in [0.29, 0.717) is 50.6 Å². The molecule has 3 heterocycles. The van der Waals surface area contributed by atoms with Gasteiger partial charge in [0.1, 0.15) is 0 Å². The highest BCUT2D eigenvalue weighted by Crippen LogP contribution is 2.38. The maximum atomic E-state index is 12.8. The summed E-state index contributed by atoms with van der Waals surface area (Å²) in [6.07, 6.45) is 5.65. The van der Waals surface area contributed by atoms with Crippen LogP contribution in [0.4, 0.5) is 0 Å². The molecule has 2 amide bonds. The molecule has 0 bridgehead atoms. The van der Waals surface area contributed by atoms with E-state index in [0.717, 1.165) is 36.4 Å². The van der Waals surface area contributed by atoms with Crippen LogP contribution in [-0.4, -0.2) is 65.0 Å². The minimum atomic E-state index is -3.53. The number of likely N-dealkylation sites (tertiary alicyclic amines) is 1. The number of sulfonamides is 1. The van der Waals surface area contributed by atoms with Gasteiger partial charge in [0.25, 0.3) is 0 Å². The Balaban J connectivity index is 1.33. The van der Waals surface area contributed by atoms with Crippen molar-refractivity contribution in [3.05, 3.63) is 11.7 Å². The van der Waals surface area contributed by atoms with Crippen LogP contribution in [0.5, 0.6) is 0 Å². The lowest BCUT2D eigenvalue weighted by atomic mass is 9.96. The number of hydrogen-bond donors (Lipinski definition) is 0. The van der Waals surface area contributed by atoms with Gasteiger partial charge in [-0.2, -0.15) is 4.98 Å². The molecule has 1 aliphatic carbocycles. The first-order valence-corrected chi connectivity index (χ1v) is 11.7. The zero-order valence-corrected chi connectivity index (χ0v) is 16.7. The van der Waals surface area contributed by atoms with Crippen LogP contribution in [0.15, 0.2) is 4.52 Å². The molecule has 28 heavy (non-hydrogen) atoms. The van der Waals surface area contributed by atoms with Crippen molar-refractivity contribution in [2.45, 2.75) is 57.3 Å². The van der Waals surface area contributed by atoms with Crippen LogP contribution >= 0.6 is 0 Å². The molecule has 9 nitrogen and oxygen atoms in total. The number of amides is 2. The molecule has 1 aromatic rings. The van der Waals surface area contributed by atoms with Gasteiger partial charge in [0, 0.05) is 44.8 Å². The van der Waals surface area contributed by atoms with E-state index in [2.05, 4.69) is 10.1 Å². The maximum Gasteiger partial charge on any atom is 0.229 e. The number of hydrogen-bond acceptors (Lipinski definition) is 7. The molecule has 2 aliphatic heterocycles. The first kappa shape index (κ1) is 19.5. The molecule has 1 atom stereocenters. The largest absolute Gasteiger partial charge is 0.339 e. The summed E-state index contributed by atoms with van der Waals surface area (Å²) < 4.78 is 32.3. The van der Waals surface area contributed by atoms with Crippen LogP contribution < -0.4 is 0 Å². The second kappa shape index (κ2) is 7.90. The Kier molecular flexibility index (Phi) is 5.50. The molecular weight excluding hydrogens is 384 g/mol. The van der Waals surface area contributed by atoms with E-state index >= 15 is 0 Å². The number of carbonyl (C=O) groups excluding carboxylic acids is 2. The Bertz CT molecular complexity index is 832. The van der Waals surface area contributed by atoms with Crippen LogP contribution in [0.2, 0.25) is 0 Å². The molecule has 2 saturated heterocycles. The highest BCUT2D eigenvalue weighted by Gasteiger charge is 2.33. The number of nitrogens with zero attached hydrogens (tertiary/aromatic N) is 4. The lowest BCUT2D eigenvalue weighted by Gasteiger charge is -2.32. The summed E-state index contributed by atoms with van der Waals surface area (Å²) in [5, 5.41) is 4.02. The van der Waals surface area contributed by atoms with Crippen LogP contribution in [0.3, 0.4) is 0 Å². The molecular formula is C18H26N4O5S. The lowest BCUT2D eigenvalue weighted by molar-refractivity contribution is -0.147. The van der Waals surface area contributed by atoms with Gasteiger partial charge in [-0.3, -0.25) is 14.5 Å². The van der Waals surface area contributed by atoms with Gasteiger partial charge in [-0.15, -0.1) is 0 Å². The third-order valence-corrected chi connectivity index (χ3v) is 7.54. The van der Waals surface area contributed by atoms with E-state index in [1.807, 2.05) is 0 Å². The average Bonchev–Trinajstić information content (AvgIpc) is 3.41. The number of aromatic nitrogens is 2. The minimum absolute atomic E-state index is 0.0599. The van der Waals surface area contributed by atoms with Crippen molar-refractivity contribution in [3.8, 4) is 0 Å². The molecule has 3 fully saturated rings. The van der Waals surface area contributed by atoms with E-state index in [1.54, 1.807) is 0 Å². The third kappa shape index (κ3) is 4.43. The molecule has 10 heteroatoms. The fourth-order valence-corrected chi connectivity index (χ4v) is 5.45. The van der Waals surface area contributed by atoms with E-state index < -0.39 is 10.0 Å². The molecule has 0 aromatic carbocycles. The van der Waals surface area contributed by atoms with E-state index in [4.69, 9.17) is 4.52 Å². The number of rotatable bonds is 7. The Morgan fingerprint density at radius 1 is 1.07 bits per heavy atom. The van der Waals surface area contributed by atoms with E-state index in [9.17, 15) is 18.0 Å². The van der Waals surface area contributed by atoms with Crippen molar-refractivity contribution >= 4 is 21.8 Å². The standard InChI is InChI=1S/C18H26N4O5S/c23-16-4-1-5-17(24)22(16)9-10-28(25,26)21-8-2-3-13(12-21)11-15-19-18(20-27-15)14-6-7-14/h13-14H,1-12H2/t13-/m1/s1. The molecule has 4 rings (SSSR count). The second-order valence-electron chi connectivity index (χ2n) is 8.00. The monoisotopic (exact) mass is 410 g/mol. The van der Waals surface area contributed by atoms with Crippen molar-refractivity contribution in [3.63, 3.8) is 0 Å². The number of piperidine rings is 2. The topological polar surface area (TPSA) is 114 Å². The second-order valence-corrected chi connectivity index (χ2v) is 10.1. The predicted molar refractivity (Wildman–Crippen MR) is 98.6 cm³/mol. The highest BCUT2D eigenvalue weighted by atomic mass is 32.2. The molecule has 1 aromatic heterocycles. The smallest absolute Gasteiger partial charge is 0.229 e. The first-order valence-electron chi connectivity index (χ1n) is 10.1. The molecule has 3 aliphatic rings. The minimum Gasteiger partial charge on any atom is -0.339 e. The number of carbonyl (C=O) groups is 2. The Morgan fingerprint density at radius 2 is 1.82 bits per heavy atom. The molecule has 0 N–H and O–H groups in total. The fraction of sp³-hybridized carbons (Fsp3) is 0.778. The van der Waals surface area contributed by atoms with Gasteiger partial charge in [-0.25, -0.2) is 12.7 Å². The van der Waals surface area contributed by atoms with Gasteiger partial charge < -0.3 is 4.52 Å². The molecule has 154 valence electrons. The molecule has 0 radical (unpaired) electrons. The Labute approximate surface area is 164 Å². The summed E-state index contributed by atoms with van der Waals surface area (Å²) in [5.41, 5.74) is 0. The van der Waals surface area contributed by atoms with Crippen LogP contribution in [0.25, 0.3) is 0 Å². The predicted octanol–water partition coefficient (Wildman–Crippen LogP) is 1.07. The summed E-state index contributed by atoms with van der Waals surface area (Å²) in [7, 11) is -3.53. The van der Waals surface area contributed by atoms with E-state index in [1.165, 1.54) is 4.31 Å². The zero-order valence-electron chi connectivity index (χ0n) is 15.9. The third-order valence-electron chi connectivity index (χ3n) is 5.72. The van der Waals surface area contributed by atoms with Gasteiger partial charge >= 0.3 is 0 Å². The van der Waals surface area contributed by atoms with Crippen molar-refractivity contribution < 1.29 is 22.5 Å². The normalized spacial score (nSPS) is 24.7. The maximum absolute atomic E-state index is 12.8. The van der Waals surface area contributed by atoms with Crippen molar-refractivity contribution in [2.24, 2.45) is 5.92 Å². The van der Waals surface area contributed by atoms with Crippen molar-refractivity contribution in [1.82, 2.24) is 19.3 Å². The van der Waals surface area contributed by atoms with Gasteiger partial charge in [-0.1, -0.05) is 5.16 Å². The van der Waals surface area contributed by atoms with Crippen molar-refractivity contribution in [2.75, 3.05) is 25.4 Å². The highest BCUT2D eigenvalue weighted by molar-refractivity contribution is 7.89. The quantitative estimate of drug-likeness (QED) is 0.618. The SMILES string of the molecule is O=C1CCCC(=O)N1CCS(=O)(=O)N1CCC[C@H](Cc2nc(C3CC3)no2)C1. The molecule has 0 spiro atoms. The van der Waals surface area contributed by atoms with Crippen LogP contribution in [0.1, 0.15) is 62.6 Å².